The van der Waals surface area contributed by atoms with Gasteiger partial charge in [-0.05, 0) is 91.8 Å². The topological polar surface area (TPSA) is 30.7 Å². The van der Waals surface area contributed by atoms with Crippen LogP contribution in [0.1, 0.15) is 0 Å². The Morgan fingerprint density at radius 1 is 0.347 bits per heavy atom. The molecular weight excluding hydrogens is 595 g/mol. The SMILES string of the molecule is c1ccc(-c2ccc3c(c2)c2cc4ccccc4cc2n3-c2ccc(-c3ccc(-c4ccc5ccccc5c4)cc3)c3nccnc23)cc1. The molecule has 0 bridgehead atoms. The molecule has 0 unspecified atom stereocenters. The first-order valence-electron chi connectivity index (χ1n) is 16.6. The molecule has 2 aromatic heterocycles. The maximum atomic E-state index is 4.98. The van der Waals surface area contributed by atoms with Crippen LogP contribution in [0.4, 0.5) is 0 Å². The van der Waals surface area contributed by atoms with Gasteiger partial charge in [0.25, 0.3) is 0 Å². The van der Waals surface area contributed by atoms with E-state index in [1.54, 1.807) is 12.4 Å². The van der Waals surface area contributed by atoms with Crippen LogP contribution in [0.3, 0.4) is 0 Å². The van der Waals surface area contributed by atoms with Gasteiger partial charge >= 0.3 is 0 Å². The van der Waals surface area contributed by atoms with Gasteiger partial charge in [0.1, 0.15) is 5.52 Å². The highest BCUT2D eigenvalue weighted by atomic mass is 15.0. The zero-order valence-electron chi connectivity index (χ0n) is 26.6. The van der Waals surface area contributed by atoms with Crippen molar-refractivity contribution in [1.82, 2.24) is 14.5 Å². The quantitative estimate of drug-likeness (QED) is 0.195. The fraction of sp³-hybridized carbons (Fsp3) is 0. The second-order valence-corrected chi connectivity index (χ2v) is 12.7. The smallest absolute Gasteiger partial charge is 0.113 e. The Labute approximate surface area is 283 Å². The largest absolute Gasteiger partial charge is 0.307 e. The monoisotopic (exact) mass is 623 g/mol. The number of fused-ring (bicyclic) bond motifs is 6. The Bertz CT molecular complexity index is 2870. The zero-order valence-corrected chi connectivity index (χ0v) is 26.6. The molecule has 228 valence electrons. The average Bonchev–Trinajstić information content (AvgIpc) is 3.49. The van der Waals surface area contributed by atoms with Crippen molar-refractivity contribution in [2.75, 3.05) is 0 Å². The predicted octanol–water partition coefficient (Wildman–Crippen LogP) is 12.0. The first-order chi connectivity index (χ1) is 24.3. The van der Waals surface area contributed by atoms with Crippen molar-refractivity contribution in [2.45, 2.75) is 0 Å². The normalized spacial score (nSPS) is 11.7. The average molecular weight is 624 g/mol. The summed E-state index contributed by atoms with van der Waals surface area (Å²) in [6.45, 7) is 0. The molecule has 0 radical (unpaired) electrons. The first kappa shape index (κ1) is 27.5. The van der Waals surface area contributed by atoms with Crippen LogP contribution in [-0.4, -0.2) is 14.5 Å². The van der Waals surface area contributed by atoms with Crippen LogP contribution in [0.15, 0.2) is 176 Å². The van der Waals surface area contributed by atoms with Gasteiger partial charge in [0.2, 0.25) is 0 Å². The molecule has 0 saturated heterocycles. The minimum Gasteiger partial charge on any atom is -0.307 e. The summed E-state index contributed by atoms with van der Waals surface area (Å²) >= 11 is 0. The molecule has 8 aromatic carbocycles. The number of rotatable bonds is 4. The van der Waals surface area contributed by atoms with Gasteiger partial charge in [-0.15, -0.1) is 0 Å². The minimum absolute atomic E-state index is 0.873. The molecule has 49 heavy (non-hydrogen) atoms. The van der Waals surface area contributed by atoms with E-state index in [0.29, 0.717) is 0 Å². The summed E-state index contributed by atoms with van der Waals surface area (Å²) in [5, 5.41) is 7.37. The molecule has 3 heteroatoms. The van der Waals surface area contributed by atoms with Gasteiger partial charge < -0.3 is 4.57 Å². The molecule has 0 atom stereocenters. The van der Waals surface area contributed by atoms with Crippen LogP contribution in [0.2, 0.25) is 0 Å². The molecule has 0 saturated carbocycles. The van der Waals surface area contributed by atoms with E-state index in [1.807, 2.05) is 0 Å². The van der Waals surface area contributed by atoms with Gasteiger partial charge in [-0.3, -0.25) is 9.97 Å². The Hall–Kier alpha value is -6.58. The predicted molar refractivity (Wildman–Crippen MR) is 205 cm³/mol. The van der Waals surface area contributed by atoms with E-state index >= 15 is 0 Å². The highest BCUT2D eigenvalue weighted by molar-refractivity contribution is 6.15. The second kappa shape index (κ2) is 11.0. The van der Waals surface area contributed by atoms with Crippen molar-refractivity contribution in [1.29, 1.82) is 0 Å². The fourth-order valence-corrected chi connectivity index (χ4v) is 7.44. The summed E-state index contributed by atoms with van der Waals surface area (Å²) in [5.41, 5.74) is 12.1. The second-order valence-electron chi connectivity index (χ2n) is 12.7. The van der Waals surface area contributed by atoms with Gasteiger partial charge in [0, 0.05) is 28.7 Å². The van der Waals surface area contributed by atoms with E-state index in [9.17, 15) is 0 Å². The van der Waals surface area contributed by atoms with Crippen molar-refractivity contribution in [2.24, 2.45) is 0 Å². The highest BCUT2D eigenvalue weighted by Gasteiger charge is 2.19. The van der Waals surface area contributed by atoms with E-state index in [4.69, 9.17) is 9.97 Å². The lowest BCUT2D eigenvalue weighted by molar-refractivity contribution is 1.17. The van der Waals surface area contributed by atoms with Crippen molar-refractivity contribution in [3.8, 4) is 39.1 Å². The lowest BCUT2D eigenvalue weighted by atomic mass is 9.97. The van der Waals surface area contributed by atoms with Gasteiger partial charge in [0.05, 0.1) is 22.2 Å². The number of aromatic nitrogens is 3. The van der Waals surface area contributed by atoms with E-state index in [2.05, 4.69) is 168 Å². The molecule has 0 N–H and O–H groups in total. The van der Waals surface area contributed by atoms with Crippen LogP contribution in [0.25, 0.3) is 93.5 Å². The number of benzene rings is 8. The third-order valence-corrected chi connectivity index (χ3v) is 9.86. The molecule has 10 aromatic rings. The van der Waals surface area contributed by atoms with Crippen molar-refractivity contribution in [3.63, 3.8) is 0 Å². The summed E-state index contributed by atoms with van der Waals surface area (Å²) in [4.78, 5) is 9.91. The van der Waals surface area contributed by atoms with Crippen LogP contribution in [0.5, 0.6) is 0 Å². The van der Waals surface area contributed by atoms with Crippen molar-refractivity contribution in [3.05, 3.63) is 176 Å². The minimum atomic E-state index is 0.873. The summed E-state index contributed by atoms with van der Waals surface area (Å²) in [5.74, 6) is 0. The zero-order chi connectivity index (χ0) is 32.3. The lowest BCUT2D eigenvalue weighted by Crippen LogP contribution is -1.99. The molecule has 0 fully saturated rings. The van der Waals surface area contributed by atoms with Gasteiger partial charge in [-0.2, -0.15) is 0 Å². The maximum absolute atomic E-state index is 4.98. The number of hydrogen-bond donors (Lipinski definition) is 0. The highest BCUT2D eigenvalue weighted by Crippen LogP contribution is 2.40. The first-order valence-corrected chi connectivity index (χ1v) is 16.6. The fourth-order valence-electron chi connectivity index (χ4n) is 7.44. The molecule has 2 heterocycles. The third-order valence-electron chi connectivity index (χ3n) is 9.86. The molecule has 0 aliphatic heterocycles. The van der Waals surface area contributed by atoms with Crippen LogP contribution in [-0.2, 0) is 0 Å². The maximum Gasteiger partial charge on any atom is 0.113 e. The number of nitrogens with zero attached hydrogens (tertiary/aromatic N) is 3. The Morgan fingerprint density at radius 3 is 1.71 bits per heavy atom. The van der Waals surface area contributed by atoms with Gasteiger partial charge in [0.15, 0.2) is 0 Å². The summed E-state index contributed by atoms with van der Waals surface area (Å²) < 4.78 is 2.37. The van der Waals surface area contributed by atoms with Crippen LogP contribution in [0, 0.1) is 0 Å². The summed E-state index contributed by atoms with van der Waals surface area (Å²) in [6.07, 6.45) is 3.60. The van der Waals surface area contributed by atoms with E-state index in [1.165, 1.54) is 54.6 Å². The molecule has 0 aliphatic rings. The van der Waals surface area contributed by atoms with Crippen molar-refractivity contribution < 1.29 is 0 Å². The van der Waals surface area contributed by atoms with E-state index < -0.39 is 0 Å². The summed E-state index contributed by atoms with van der Waals surface area (Å²) in [7, 11) is 0. The Morgan fingerprint density at radius 2 is 0.918 bits per heavy atom. The standard InChI is InChI=1S/C46H29N3/c1-2-8-30(9-3-1)38-20-22-42-40(28-38)41-27-35-12-6-7-13-36(35)29-44(41)49(42)43-23-21-39(45-46(43)48-25-24-47-45)33-17-14-32(15-18-33)37-19-16-31-10-4-5-11-34(31)26-37/h1-29H. The van der Waals surface area contributed by atoms with Gasteiger partial charge in [-0.1, -0.05) is 121 Å². The Balaban J connectivity index is 1.15. The Kier molecular flexibility index (Phi) is 6.18. The van der Waals surface area contributed by atoms with Crippen LogP contribution >= 0.6 is 0 Å². The molecular formula is C46H29N3. The lowest BCUT2D eigenvalue weighted by Gasteiger charge is -2.14. The molecule has 0 amide bonds. The summed E-state index contributed by atoms with van der Waals surface area (Å²) in [6, 6.07) is 59.0. The van der Waals surface area contributed by atoms with Crippen molar-refractivity contribution >= 4 is 54.4 Å². The van der Waals surface area contributed by atoms with E-state index in [-0.39, 0.29) is 0 Å². The van der Waals surface area contributed by atoms with Gasteiger partial charge in [-0.25, -0.2) is 0 Å². The molecule has 3 nitrogen and oxygen atoms in total. The third kappa shape index (κ3) is 4.51. The van der Waals surface area contributed by atoms with E-state index in [0.717, 1.165) is 38.9 Å². The molecule has 0 spiro atoms. The van der Waals surface area contributed by atoms with Crippen LogP contribution < -0.4 is 0 Å². The molecule has 0 aliphatic carbocycles. The molecule has 10 rings (SSSR count). The number of hydrogen-bond acceptors (Lipinski definition) is 2.